The Bertz CT molecular complexity index is 470. The van der Waals surface area contributed by atoms with Crippen LogP contribution in [0.15, 0.2) is 0 Å². The van der Waals surface area contributed by atoms with E-state index in [4.69, 9.17) is 0 Å². The molecule has 6 heteroatoms. The van der Waals surface area contributed by atoms with Crippen LogP contribution >= 0.6 is 0 Å². The molecule has 23 heavy (non-hydrogen) atoms. The molecule has 1 N–H and O–H groups in total. The van der Waals surface area contributed by atoms with Gasteiger partial charge in [-0.1, -0.05) is 0 Å². The van der Waals surface area contributed by atoms with E-state index < -0.39 is 0 Å². The van der Waals surface area contributed by atoms with Crippen molar-refractivity contribution in [1.29, 1.82) is 0 Å². The van der Waals surface area contributed by atoms with E-state index in [1.807, 2.05) is 4.90 Å². The van der Waals surface area contributed by atoms with Gasteiger partial charge >= 0.3 is 0 Å². The average molecular weight is 321 g/mol. The number of carbonyl (C=O) groups excluding carboxylic acids is 3. The summed E-state index contributed by atoms with van der Waals surface area (Å²) in [4.78, 5) is 40.4. The summed E-state index contributed by atoms with van der Waals surface area (Å²) in [6, 6.07) is -0.00563. The molecule has 6 nitrogen and oxygen atoms in total. The van der Waals surface area contributed by atoms with Crippen LogP contribution in [0.2, 0.25) is 0 Å². The second-order valence-electron chi connectivity index (χ2n) is 6.97. The minimum atomic E-state index is -0.326. The maximum atomic E-state index is 12.4. The standard InChI is InChI=1S/C17H27N3O3/c21-15(19-10-2-1-3-11-19)8-9-16(22)20-12-4-5-14(20)17(23)18-13-6-7-13/h13-14H,1-12H2,(H,18,23)/t14-/m0/s1. The summed E-state index contributed by atoms with van der Waals surface area (Å²) < 4.78 is 0. The highest BCUT2D eigenvalue weighted by molar-refractivity contribution is 5.90. The molecule has 1 aliphatic carbocycles. The van der Waals surface area contributed by atoms with Gasteiger partial charge in [-0.2, -0.15) is 0 Å². The van der Waals surface area contributed by atoms with Crippen molar-refractivity contribution < 1.29 is 14.4 Å². The molecule has 0 radical (unpaired) electrons. The molecule has 3 rings (SSSR count). The molecule has 0 unspecified atom stereocenters. The zero-order valence-corrected chi connectivity index (χ0v) is 13.8. The van der Waals surface area contributed by atoms with Gasteiger partial charge in [-0.3, -0.25) is 14.4 Å². The zero-order chi connectivity index (χ0) is 16.2. The minimum absolute atomic E-state index is 0.0132. The Hall–Kier alpha value is -1.59. The van der Waals surface area contributed by atoms with Crippen molar-refractivity contribution in [2.24, 2.45) is 0 Å². The van der Waals surface area contributed by atoms with Crippen molar-refractivity contribution in [2.75, 3.05) is 19.6 Å². The first-order valence-corrected chi connectivity index (χ1v) is 9.03. The number of nitrogens with one attached hydrogen (secondary N) is 1. The van der Waals surface area contributed by atoms with Crippen molar-refractivity contribution in [3.05, 3.63) is 0 Å². The van der Waals surface area contributed by atoms with Crippen LogP contribution in [0.25, 0.3) is 0 Å². The Morgan fingerprint density at radius 2 is 1.52 bits per heavy atom. The number of nitrogens with zero attached hydrogens (tertiary/aromatic N) is 2. The Morgan fingerprint density at radius 1 is 0.826 bits per heavy atom. The summed E-state index contributed by atoms with van der Waals surface area (Å²) in [6.07, 6.45) is 7.53. The Labute approximate surface area is 137 Å². The van der Waals surface area contributed by atoms with E-state index in [1.54, 1.807) is 4.90 Å². The van der Waals surface area contributed by atoms with Crippen LogP contribution in [-0.4, -0.2) is 59.2 Å². The predicted octanol–water partition coefficient (Wildman–Crippen LogP) is 1.05. The lowest BCUT2D eigenvalue weighted by Gasteiger charge is -2.27. The van der Waals surface area contributed by atoms with Gasteiger partial charge in [0.2, 0.25) is 17.7 Å². The number of amides is 3. The van der Waals surface area contributed by atoms with Gasteiger partial charge in [-0.05, 0) is 44.9 Å². The quantitative estimate of drug-likeness (QED) is 0.823. The van der Waals surface area contributed by atoms with Crippen LogP contribution in [0.5, 0.6) is 0 Å². The number of rotatable bonds is 5. The molecule has 0 bridgehead atoms. The van der Waals surface area contributed by atoms with E-state index in [1.165, 1.54) is 6.42 Å². The fourth-order valence-electron chi connectivity index (χ4n) is 3.52. The number of likely N-dealkylation sites (tertiary alicyclic amines) is 2. The smallest absolute Gasteiger partial charge is 0.243 e. The fourth-order valence-corrected chi connectivity index (χ4v) is 3.52. The predicted molar refractivity (Wildman–Crippen MR) is 85.6 cm³/mol. The molecule has 3 fully saturated rings. The van der Waals surface area contributed by atoms with Gasteiger partial charge in [0.1, 0.15) is 6.04 Å². The van der Waals surface area contributed by atoms with Crippen LogP contribution in [-0.2, 0) is 14.4 Å². The SMILES string of the molecule is O=C(NC1CC1)[C@@H]1CCCN1C(=O)CCC(=O)N1CCCCC1. The number of piperidine rings is 1. The largest absolute Gasteiger partial charge is 0.352 e. The lowest BCUT2D eigenvalue weighted by molar-refractivity contribution is -0.140. The van der Waals surface area contributed by atoms with E-state index in [0.29, 0.717) is 12.6 Å². The second kappa shape index (κ2) is 7.32. The van der Waals surface area contributed by atoms with E-state index >= 15 is 0 Å². The van der Waals surface area contributed by atoms with Gasteiger partial charge in [-0.25, -0.2) is 0 Å². The molecule has 128 valence electrons. The van der Waals surface area contributed by atoms with Crippen LogP contribution in [0.3, 0.4) is 0 Å². The number of carbonyl (C=O) groups is 3. The average Bonchev–Trinajstić information content (AvgIpc) is 3.24. The molecule has 1 atom stereocenters. The molecule has 1 saturated carbocycles. The summed E-state index contributed by atoms with van der Waals surface area (Å²) in [5.74, 6) is 0.0146. The van der Waals surface area contributed by atoms with Crippen molar-refractivity contribution in [3.63, 3.8) is 0 Å². The third-order valence-corrected chi connectivity index (χ3v) is 5.06. The first-order valence-electron chi connectivity index (χ1n) is 9.03. The first kappa shape index (κ1) is 16.3. The van der Waals surface area contributed by atoms with Crippen LogP contribution in [0, 0.1) is 0 Å². The van der Waals surface area contributed by atoms with Gasteiger partial charge < -0.3 is 15.1 Å². The number of hydrogen-bond acceptors (Lipinski definition) is 3. The van der Waals surface area contributed by atoms with Crippen LogP contribution < -0.4 is 5.32 Å². The van der Waals surface area contributed by atoms with Gasteiger partial charge in [-0.15, -0.1) is 0 Å². The van der Waals surface area contributed by atoms with Crippen LogP contribution in [0.1, 0.15) is 57.8 Å². The molecule has 0 aromatic carbocycles. The highest BCUT2D eigenvalue weighted by Crippen LogP contribution is 2.23. The topological polar surface area (TPSA) is 69.7 Å². The van der Waals surface area contributed by atoms with E-state index in [9.17, 15) is 14.4 Å². The van der Waals surface area contributed by atoms with Gasteiger partial charge in [0, 0.05) is 38.5 Å². The summed E-state index contributed by atoms with van der Waals surface area (Å²) in [5, 5.41) is 2.99. The molecule has 3 amide bonds. The van der Waals surface area contributed by atoms with Gasteiger partial charge in [0.05, 0.1) is 0 Å². The summed E-state index contributed by atoms with van der Waals surface area (Å²) >= 11 is 0. The number of hydrogen-bond donors (Lipinski definition) is 1. The molecule has 2 heterocycles. The molecule has 3 aliphatic rings. The maximum absolute atomic E-state index is 12.4. The van der Waals surface area contributed by atoms with Crippen molar-refractivity contribution >= 4 is 17.7 Å². The van der Waals surface area contributed by atoms with Gasteiger partial charge in [0.25, 0.3) is 0 Å². The Balaban J connectivity index is 1.46. The Kier molecular flexibility index (Phi) is 5.18. The lowest BCUT2D eigenvalue weighted by Crippen LogP contribution is -2.46. The van der Waals surface area contributed by atoms with Crippen molar-refractivity contribution in [1.82, 2.24) is 15.1 Å². The fraction of sp³-hybridized carbons (Fsp3) is 0.824. The summed E-state index contributed by atoms with van der Waals surface area (Å²) in [7, 11) is 0. The van der Waals surface area contributed by atoms with Crippen molar-refractivity contribution in [3.8, 4) is 0 Å². The highest BCUT2D eigenvalue weighted by atomic mass is 16.2. The third kappa shape index (κ3) is 4.24. The molecule has 0 spiro atoms. The normalized spacial score (nSPS) is 24.6. The monoisotopic (exact) mass is 321 g/mol. The van der Waals surface area contributed by atoms with Crippen molar-refractivity contribution in [2.45, 2.75) is 69.9 Å². The zero-order valence-electron chi connectivity index (χ0n) is 13.8. The van der Waals surface area contributed by atoms with Crippen LogP contribution in [0.4, 0.5) is 0 Å². The summed E-state index contributed by atoms with van der Waals surface area (Å²) in [5.41, 5.74) is 0. The van der Waals surface area contributed by atoms with Gasteiger partial charge in [0.15, 0.2) is 0 Å². The lowest BCUT2D eigenvalue weighted by atomic mass is 10.1. The highest BCUT2D eigenvalue weighted by Gasteiger charge is 2.36. The first-order chi connectivity index (χ1) is 11.1. The summed E-state index contributed by atoms with van der Waals surface area (Å²) in [6.45, 7) is 2.28. The molecular formula is C17H27N3O3. The maximum Gasteiger partial charge on any atom is 0.243 e. The van der Waals surface area contributed by atoms with E-state index in [0.717, 1.165) is 51.6 Å². The van der Waals surface area contributed by atoms with E-state index in [2.05, 4.69) is 5.32 Å². The molecule has 2 saturated heterocycles. The second-order valence-corrected chi connectivity index (χ2v) is 6.97. The minimum Gasteiger partial charge on any atom is -0.352 e. The molecule has 0 aromatic rings. The van der Waals surface area contributed by atoms with E-state index in [-0.39, 0.29) is 36.6 Å². The third-order valence-electron chi connectivity index (χ3n) is 5.06. The molecule has 0 aromatic heterocycles. The Morgan fingerprint density at radius 3 is 2.22 bits per heavy atom. The molecule has 2 aliphatic heterocycles. The molecular weight excluding hydrogens is 294 g/mol.